The number of anilines is 1. The molecule has 98 valence electrons. The summed E-state index contributed by atoms with van der Waals surface area (Å²) in [5.74, 6) is -0.596. The highest BCUT2D eigenvalue weighted by atomic mass is 19.3. The number of hydrogen-bond donors (Lipinski definition) is 1. The van der Waals surface area contributed by atoms with E-state index in [1.807, 2.05) is 18.2 Å². The summed E-state index contributed by atoms with van der Waals surface area (Å²) < 4.78 is 26.3. The van der Waals surface area contributed by atoms with Crippen molar-refractivity contribution in [2.75, 3.05) is 18.0 Å². The average Bonchev–Trinajstić information content (AvgIpc) is 2.52. The molecule has 0 saturated heterocycles. The van der Waals surface area contributed by atoms with Crippen LogP contribution in [0.4, 0.5) is 14.5 Å². The summed E-state index contributed by atoms with van der Waals surface area (Å²) in [5.41, 5.74) is 3.05. The third-order valence-electron chi connectivity index (χ3n) is 4.11. The molecule has 0 spiro atoms. The zero-order valence-electron chi connectivity index (χ0n) is 10.5. The minimum Gasteiger partial charge on any atom is -0.367 e. The van der Waals surface area contributed by atoms with Crippen LogP contribution in [0.15, 0.2) is 18.2 Å². The first-order chi connectivity index (χ1) is 8.68. The van der Waals surface area contributed by atoms with Crippen LogP contribution in [-0.2, 0) is 6.54 Å². The lowest BCUT2D eigenvalue weighted by molar-refractivity contribution is 0.108. The lowest BCUT2D eigenvalue weighted by Gasteiger charge is -2.39. The van der Waals surface area contributed by atoms with Crippen LogP contribution in [0.25, 0.3) is 0 Å². The van der Waals surface area contributed by atoms with Crippen molar-refractivity contribution >= 4 is 5.69 Å². The largest absolute Gasteiger partial charge is 0.367 e. The quantitative estimate of drug-likeness (QED) is 0.826. The first-order valence-corrected chi connectivity index (χ1v) is 6.56. The maximum Gasteiger partial charge on any atom is 0.245 e. The molecule has 2 heterocycles. The lowest BCUT2D eigenvalue weighted by atomic mass is 9.87. The molecule has 2 nitrogen and oxygen atoms in total. The molecule has 0 fully saturated rings. The number of benzene rings is 1. The van der Waals surface area contributed by atoms with Crippen molar-refractivity contribution in [3.8, 4) is 0 Å². The number of nitrogens with zero attached hydrogens (tertiary/aromatic N) is 1. The van der Waals surface area contributed by atoms with Crippen molar-refractivity contribution in [1.82, 2.24) is 5.32 Å². The molecule has 1 aromatic rings. The molecule has 3 rings (SSSR count). The molecule has 0 bridgehead atoms. The Hall–Kier alpha value is -1.16. The molecule has 2 aliphatic rings. The van der Waals surface area contributed by atoms with Crippen molar-refractivity contribution < 1.29 is 8.78 Å². The first kappa shape index (κ1) is 11.9. The van der Waals surface area contributed by atoms with Gasteiger partial charge in [0.1, 0.15) is 0 Å². The second kappa shape index (κ2) is 4.50. The minimum atomic E-state index is -2.26. The molecule has 2 unspecified atom stereocenters. The van der Waals surface area contributed by atoms with Crippen LogP contribution < -0.4 is 10.2 Å². The van der Waals surface area contributed by atoms with Crippen molar-refractivity contribution in [2.45, 2.75) is 38.3 Å². The Kier molecular flexibility index (Phi) is 2.98. The first-order valence-electron chi connectivity index (χ1n) is 6.56. The molecule has 2 aliphatic heterocycles. The van der Waals surface area contributed by atoms with Crippen LogP contribution in [0.3, 0.4) is 0 Å². The Balaban J connectivity index is 2.12. The van der Waals surface area contributed by atoms with Crippen LogP contribution >= 0.6 is 0 Å². The number of hydrogen-bond acceptors (Lipinski definition) is 2. The van der Waals surface area contributed by atoms with Gasteiger partial charge < -0.3 is 10.2 Å². The van der Waals surface area contributed by atoms with Gasteiger partial charge in [0, 0.05) is 37.3 Å². The Morgan fingerprint density at radius 1 is 1.39 bits per heavy atom. The van der Waals surface area contributed by atoms with Crippen LogP contribution in [0.5, 0.6) is 0 Å². The second-order valence-corrected chi connectivity index (χ2v) is 5.26. The van der Waals surface area contributed by atoms with E-state index in [2.05, 4.69) is 17.1 Å². The topological polar surface area (TPSA) is 15.3 Å². The van der Waals surface area contributed by atoms with E-state index in [1.165, 1.54) is 0 Å². The predicted molar refractivity (Wildman–Crippen MR) is 68.3 cm³/mol. The summed E-state index contributed by atoms with van der Waals surface area (Å²) >= 11 is 0. The monoisotopic (exact) mass is 252 g/mol. The minimum absolute atomic E-state index is 0.367. The Morgan fingerprint density at radius 2 is 2.22 bits per heavy atom. The predicted octanol–water partition coefficient (Wildman–Crippen LogP) is 2.74. The molecule has 4 heteroatoms. The summed E-state index contributed by atoms with van der Waals surface area (Å²) in [4.78, 5) is 2.30. The molecule has 18 heavy (non-hydrogen) atoms. The zero-order valence-corrected chi connectivity index (χ0v) is 10.5. The van der Waals surface area contributed by atoms with E-state index >= 15 is 0 Å². The zero-order chi connectivity index (χ0) is 12.7. The molecule has 0 saturated carbocycles. The van der Waals surface area contributed by atoms with Gasteiger partial charge in [-0.25, -0.2) is 8.78 Å². The molecular formula is C14H18F2N2. The van der Waals surface area contributed by atoms with Gasteiger partial charge >= 0.3 is 0 Å². The molecule has 0 aromatic heterocycles. The van der Waals surface area contributed by atoms with Gasteiger partial charge in [0.15, 0.2) is 0 Å². The maximum absolute atomic E-state index is 13.1. The van der Waals surface area contributed by atoms with Crippen LogP contribution in [-0.4, -0.2) is 25.6 Å². The van der Waals surface area contributed by atoms with E-state index in [0.29, 0.717) is 12.5 Å². The van der Waals surface area contributed by atoms with E-state index in [4.69, 9.17) is 0 Å². The Morgan fingerprint density at radius 3 is 3.00 bits per heavy atom. The number of halogens is 2. The van der Waals surface area contributed by atoms with E-state index in [1.54, 1.807) is 0 Å². The highest BCUT2D eigenvalue weighted by Crippen LogP contribution is 2.42. The van der Waals surface area contributed by atoms with Crippen LogP contribution in [0, 0.1) is 0 Å². The average molecular weight is 252 g/mol. The van der Waals surface area contributed by atoms with E-state index < -0.39 is 12.3 Å². The summed E-state index contributed by atoms with van der Waals surface area (Å²) in [6.07, 6.45) is -1.71. The summed E-state index contributed by atoms with van der Waals surface area (Å²) in [5, 5.41) is 3.39. The molecular weight excluding hydrogens is 234 g/mol. The Labute approximate surface area is 106 Å². The van der Waals surface area contributed by atoms with Crippen LogP contribution in [0.2, 0.25) is 0 Å². The van der Waals surface area contributed by atoms with Gasteiger partial charge in [-0.2, -0.15) is 0 Å². The number of alkyl halides is 2. The van der Waals surface area contributed by atoms with E-state index in [-0.39, 0.29) is 0 Å². The Bertz CT molecular complexity index is 447. The molecule has 0 aliphatic carbocycles. The summed E-state index contributed by atoms with van der Waals surface area (Å²) in [6.45, 7) is 4.58. The number of rotatable bonds is 1. The van der Waals surface area contributed by atoms with Gasteiger partial charge in [0.2, 0.25) is 6.43 Å². The van der Waals surface area contributed by atoms with Gasteiger partial charge in [0.25, 0.3) is 0 Å². The SMILES string of the molecule is CC1CNCc2cccc3c2N1CCC3C(F)F. The molecule has 1 aromatic carbocycles. The number of nitrogens with one attached hydrogen (secondary N) is 1. The molecule has 0 radical (unpaired) electrons. The van der Waals surface area contributed by atoms with Gasteiger partial charge in [0.05, 0.1) is 0 Å². The van der Waals surface area contributed by atoms with Gasteiger partial charge in [-0.15, -0.1) is 0 Å². The molecule has 2 atom stereocenters. The standard InChI is InChI=1S/C14H18F2N2/c1-9-7-17-8-10-3-2-4-11-12(14(15)16)5-6-18(9)13(10)11/h2-4,9,12,14,17H,5-8H2,1H3. The molecule has 1 N–H and O–H groups in total. The van der Waals surface area contributed by atoms with E-state index in [0.717, 1.165) is 36.4 Å². The third kappa shape index (κ3) is 1.79. The van der Waals surface area contributed by atoms with Gasteiger partial charge in [-0.05, 0) is 24.5 Å². The van der Waals surface area contributed by atoms with Crippen molar-refractivity contribution in [3.05, 3.63) is 29.3 Å². The van der Waals surface area contributed by atoms with Gasteiger partial charge in [-0.1, -0.05) is 18.2 Å². The smallest absolute Gasteiger partial charge is 0.245 e. The second-order valence-electron chi connectivity index (χ2n) is 5.26. The maximum atomic E-state index is 13.1. The highest BCUT2D eigenvalue weighted by Gasteiger charge is 2.34. The third-order valence-corrected chi connectivity index (χ3v) is 4.11. The normalized spacial score (nSPS) is 27.0. The van der Waals surface area contributed by atoms with Crippen LogP contribution in [0.1, 0.15) is 30.4 Å². The van der Waals surface area contributed by atoms with Crippen molar-refractivity contribution in [2.24, 2.45) is 0 Å². The molecule has 0 amide bonds. The fraction of sp³-hybridized carbons (Fsp3) is 0.571. The summed E-state index contributed by atoms with van der Waals surface area (Å²) in [6, 6.07) is 6.20. The lowest BCUT2D eigenvalue weighted by Crippen LogP contribution is -2.42. The summed E-state index contributed by atoms with van der Waals surface area (Å²) in [7, 11) is 0. The van der Waals surface area contributed by atoms with Crippen molar-refractivity contribution in [1.29, 1.82) is 0 Å². The fourth-order valence-electron chi connectivity index (χ4n) is 3.18. The number of para-hydroxylation sites is 1. The van der Waals surface area contributed by atoms with Gasteiger partial charge in [-0.3, -0.25) is 0 Å². The highest BCUT2D eigenvalue weighted by molar-refractivity contribution is 5.64. The van der Waals surface area contributed by atoms with E-state index in [9.17, 15) is 8.78 Å². The fourth-order valence-corrected chi connectivity index (χ4v) is 3.18. The van der Waals surface area contributed by atoms with Crippen molar-refractivity contribution in [3.63, 3.8) is 0 Å².